The highest BCUT2D eigenvalue weighted by Crippen LogP contribution is 2.05. The van der Waals surface area contributed by atoms with Gasteiger partial charge in [0, 0.05) is 18.7 Å². The fourth-order valence-corrected chi connectivity index (χ4v) is 2.32. The van der Waals surface area contributed by atoms with Crippen molar-refractivity contribution in [3.8, 4) is 0 Å². The number of hydrogen-bond donors (Lipinski definition) is 3. The largest absolute Gasteiger partial charge is 0.352 e. The number of halogens is 1. The van der Waals surface area contributed by atoms with Gasteiger partial charge < -0.3 is 16.4 Å². The Hall–Kier alpha value is -2.37. The van der Waals surface area contributed by atoms with Crippen LogP contribution in [0.15, 0.2) is 54.6 Å². The van der Waals surface area contributed by atoms with E-state index in [-0.39, 0.29) is 24.2 Å². The predicted molar refractivity (Wildman–Crippen MR) is 102 cm³/mol. The standard InChI is InChI=1S/C19H23N3O2.ClH/c1-2-21-18(23)16-10-8-15(9-11-16)13-22-19(24)17(20)12-14-6-4-3-5-7-14;/h3-11,17H,2,12-13,20H2,1H3,(H,21,23)(H,22,24);1H/t17-;/m0./s1. The summed E-state index contributed by atoms with van der Waals surface area (Å²) >= 11 is 0. The van der Waals surface area contributed by atoms with Crippen LogP contribution in [0.25, 0.3) is 0 Å². The van der Waals surface area contributed by atoms with E-state index in [0.29, 0.717) is 25.1 Å². The van der Waals surface area contributed by atoms with Crippen LogP contribution in [0.5, 0.6) is 0 Å². The van der Waals surface area contributed by atoms with Crippen molar-refractivity contribution >= 4 is 24.2 Å². The molecule has 5 nitrogen and oxygen atoms in total. The summed E-state index contributed by atoms with van der Waals surface area (Å²) in [6, 6.07) is 16.3. The second-order valence-electron chi connectivity index (χ2n) is 5.57. The number of nitrogens with two attached hydrogens (primary N) is 1. The van der Waals surface area contributed by atoms with Crippen LogP contribution in [0.3, 0.4) is 0 Å². The van der Waals surface area contributed by atoms with E-state index in [1.54, 1.807) is 12.1 Å². The molecule has 0 radical (unpaired) electrons. The Kier molecular flexibility index (Phi) is 8.67. The zero-order valence-corrected chi connectivity index (χ0v) is 15.0. The van der Waals surface area contributed by atoms with Crippen LogP contribution in [0.1, 0.15) is 28.4 Å². The lowest BCUT2D eigenvalue weighted by Gasteiger charge is -2.12. The first-order valence-corrected chi connectivity index (χ1v) is 8.04. The van der Waals surface area contributed by atoms with Crippen molar-refractivity contribution in [1.82, 2.24) is 10.6 Å². The Morgan fingerprint density at radius 1 is 0.960 bits per heavy atom. The molecule has 0 bridgehead atoms. The molecule has 0 spiro atoms. The van der Waals surface area contributed by atoms with Gasteiger partial charge in [-0.05, 0) is 36.6 Å². The van der Waals surface area contributed by atoms with E-state index in [1.165, 1.54) is 0 Å². The summed E-state index contributed by atoms with van der Waals surface area (Å²) in [5.74, 6) is -0.287. The van der Waals surface area contributed by atoms with Crippen molar-refractivity contribution < 1.29 is 9.59 Å². The Balaban J connectivity index is 0.00000312. The molecule has 2 aromatic rings. The number of carbonyl (C=O) groups excluding carboxylic acids is 2. The van der Waals surface area contributed by atoms with Crippen molar-refractivity contribution in [1.29, 1.82) is 0 Å². The van der Waals surface area contributed by atoms with E-state index in [2.05, 4.69) is 10.6 Å². The first-order valence-electron chi connectivity index (χ1n) is 8.04. The van der Waals surface area contributed by atoms with E-state index in [9.17, 15) is 9.59 Å². The normalized spacial score (nSPS) is 11.1. The molecule has 0 saturated carbocycles. The highest BCUT2D eigenvalue weighted by molar-refractivity contribution is 5.94. The summed E-state index contributed by atoms with van der Waals surface area (Å²) in [7, 11) is 0. The molecule has 0 heterocycles. The SMILES string of the molecule is CCNC(=O)c1ccc(CNC(=O)[C@@H](N)Cc2ccccc2)cc1.Cl. The number of hydrogen-bond acceptors (Lipinski definition) is 3. The van der Waals surface area contributed by atoms with Gasteiger partial charge in [-0.1, -0.05) is 42.5 Å². The number of benzene rings is 2. The van der Waals surface area contributed by atoms with Crippen molar-refractivity contribution in [2.45, 2.75) is 25.9 Å². The van der Waals surface area contributed by atoms with Gasteiger partial charge in [-0.3, -0.25) is 9.59 Å². The number of carbonyl (C=O) groups is 2. The van der Waals surface area contributed by atoms with Crippen LogP contribution in [0.4, 0.5) is 0 Å². The minimum atomic E-state index is -0.581. The summed E-state index contributed by atoms with van der Waals surface area (Å²) < 4.78 is 0. The molecule has 2 aromatic carbocycles. The van der Waals surface area contributed by atoms with Crippen molar-refractivity contribution in [2.75, 3.05) is 6.54 Å². The molecule has 0 saturated heterocycles. The van der Waals surface area contributed by atoms with E-state index in [4.69, 9.17) is 5.73 Å². The van der Waals surface area contributed by atoms with Crippen LogP contribution in [-0.4, -0.2) is 24.4 Å². The molecule has 25 heavy (non-hydrogen) atoms. The lowest BCUT2D eigenvalue weighted by Crippen LogP contribution is -2.41. The third kappa shape index (κ3) is 6.57. The molecular weight excluding hydrogens is 338 g/mol. The maximum Gasteiger partial charge on any atom is 0.251 e. The van der Waals surface area contributed by atoms with Crippen LogP contribution in [0.2, 0.25) is 0 Å². The predicted octanol–water partition coefficient (Wildman–Crippen LogP) is 2.04. The van der Waals surface area contributed by atoms with Crippen molar-refractivity contribution in [2.24, 2.45) is 5.73 Å². The fourth-order valence-electron chi connectivity index (χ4n) is 2.32. The maximum atomic E-state index is 12.1. The average molecular weight is 362 g/mol. The van der Waals surface area contributed by atoms with Crippen LogP contribution >= 0.6 is 12.4 Å². The minimum Gasteiger partial charge on any atom is -0.352 e. The van der Waals surface area contributed by atoms with Gasteiger partial charge in [-0.25, -0.2) is 0 Å². The van der Waals surface area contributed by atoms with Gasteiger partial charge in [0.2, 0.25) is 5.91 Å². The molecule has 134 valence electrons. The van der Waals surface area contributed by atoms with Gasteiger partial charge >= 0.3 is 0 Å². The molecule has 0 fully saturated rings. The second-order valence-corrected chi connectivity index (χ2v) is 5.57. The zero-order chi connectivity index (χ0) is 17.4. The summed E-state index contributed by atoms with van der Waals surface area (Å²) in [6.07, 6.45) is 0.503. The molecule has 0 aromatic heterocycles. The Bertz CT molecular complexity index is 675. The summed E-state index contributed by atoms with van der Waals surface area (Å²) in [6.45, 7) is 2.85. The van der Waals surface area contributed by atoms with Gasteiger partial charge in [0.15, 0.2) is 0 Å². The number of amides is 2. The monoisotopic (exact) mass is 361 g/mol. The lowest BCUT2D eigenvalue weighted by molar-refractivity contribution is -0.122. The third-order valence-corrected chi connectivity index (χ3v) is 3.66. The van der Waals surface area contributed by atoms with Gasteiger partial charge in [0.05, 0.1) is 6.04 Å². The molecule has 0 aliphatic heterocycles. The highest BCUT2D eigenvalue weighted by atomic mass is 35.5. The molecule has 0 aliphatic carbocycles. The topological polar surface area (TPSA) is 84.2 Å². The fraction of sp³-hybridized carbons (Fsp3) is 0.263. The van der Waals surface area contributed by atoms with Crippen LogP contribution in [-0.2, 0) is 17.8 Å². The van der Waals surface area contributed by atoms with E-state index in [1.807, 2.05) is 49.4 Å². The van der Waals surface area contributed by atoms with Crippen molar-refractivity contribution in [3.63, 3.8) is 0 Å². The molecule has 0 aliphatic rings. The summed E-state index contributed by atoms with van der Waals surface area (Å²) in [4.78, 5) is 23.8. The Morgan fingerprint density at radius 2 is 1.60 bits per heavy atom. The molecular formula is C19H24ClN3O2. The van der Waals surface area contributed by atoms with Gasteiger partial charge in [0.25, 0.3) is 5.91 Å². The molecule has 2 rings (SSSR count). The average Bonchev–Trinajstić information content (AvgIpc) is 2.61. The zero-order valence-electron chi connectivity index (χ0n) is 14.2. The second kappa shape index (κ2) is 10.5. The Morgan fingerprint density at radius 3 is 2.20 bits per heavy atom. The van der Waals surface area contributed by atoms with Crippen LogP contribution < -0.4 is 16.4 Å². The quantitative estimate of drug-likeness (QED) is 0.705. The third-order valence-electron chi connectivity index (χ3n) is 3.66. The van der Waals surface area contributed by atoms with Gasteiger partial charge in [0.1, 0.15) is 0 Å². The molecule has 1 atom stereocenters. The molecule has 0 unspecified atom stereocenters. The maximum absolute atomic E-state index is 12.1. The smallest absolute Gasteiger partial charge is 0.251 e. The van der Waals surface area contributed by atoms with Crippen molar-refractivity contribution in [3.05, 3.63) is 71.3 Å². The minimum absolute atomic E-state index is 0. The lowest BCUT2D eigenvalue weighted by atomic mass is 10.1. The molecule has 4 N–H and O–H groups in total. The van der Waals surface area contributed by atoms with E-state index < -0.39 is 6.04 Å². The van der Waals surface area contributed by atoms with E-state index >= 15 is 0 Å². The Labute approximate surface area is 154 Å². The summed E-state index contributed by atoms with van der Waals surface area (Å²) in [5, 5.41) is 5.57. The molecule has 6 heteroatoms. The number of rotatable bonds is 7. The van der Waals surface area contributed by atoms with E-state index in [0.717, 1.165) is 11.1 Å². The molecule has 2 amide bonds. The van der Waals surface area contributed by atoms with Crippen LogP contribution in [0, 0.1) is 0 Å². The summed E-state index contributed by atoms with van der Waals surface area (Å²) in [5.41, 5.74) is 8.50. The highest BCUT2D eigenvalue weighted by Gasteiger charge is 2.13. The first-order chi connectivity index (χ1) is 11.6. The number of nitrogens with one attached hydrogen (secondary N) is 2. The first kappa shape index (κ1) is 20.7. The van der Waals surface area contributed by atoms with Gasteiger partial charge in [-0.2, -0.15) is 0 Å². The van der Waals surface area contributed by atoms with Gasteiger partial charge in [-0.15, -0.1) is 12.4 Å².